The van der Waals surface area contributed by atoms with Gasteiger partial charge in [0.15, 0.2) is 0 Å². The molecular formula is C22H23ClN2O2. The van der Waals surface area contributed by atoms with Crippen LogP contribution in [0, 0.1) is 13.8 Å². The van der Waals surface area contributed by atoms with Crippen LogP contribution in [0.2, 0.25) is 5.02 Å². The summed E-state index contributed by atoms with van der Waals surface area (Å²) in [6.45, 7) is 3.67. The van der Waals surface area contributed by atoms with Crippen LogP contribution in [0.3, 0.4) is 0 Å². The molecule has 4 rings (SSSR count). The lowest BCUT2D eigenvalue weighted by molar-refractivity contribution is 0.477. The van der Waals surface area contributed by atoms with Gasteiger partial charge in [-0.2, -0.15) is 0 Å². The molecule has 27 heavy (non-hydrogen) atoms. The van der Waals surface area contributed by atoms with Gasteiger partial charge in [0, 0.05) is 17.0 Å². The van der Waals surface area contributed by atoms with Crippen molar-refractivity contribution in [1.82, 2.24) is 4.98 Å². The summed E-state index contributed by atoms with van der Waals surface area (Å²) in [5.74, 6) is 0.575. The van der Waals surface area contributed by atoms with Gasteiger partial charge in [0.2, 0.25) is 0 Å². The zero-order valence-corrected chi connectivity index (χ0v) is 16.2. The largest absolute Gasteiger partial charge is 0.507 e. The van der Waals surface area contributed by atoms with E-state index in [1.807, 2.05) is 26.0 Å². The Morgan fingerprint density at radius 3 is 2.52 bits per heavy atom. The third kappa shape index (κ3) is 2.93. The number of H-pyrrole nitrogens is 1. The molecule has 0 radical (unpaired) electrons. The predicted octanol–water partition coefficient (Wildman–Crippen LogP) is 4.77. The molecule has 4 N–H and O–H groups in total. The number of aryl methyl sites for hydroxylation is 2. The quantitative estimate of drug-likeness (QED) is 0.597. The number of aromatic amines is 1. The Labute approximate surface area is 163 Å². The first-order chi connectivity index (χ1) is 12.9. The van der Waals surface area contributed by atoms with E-state index in [0.717, 1.165) is 29.4 Å². The predicted molar refractivity (Wildman–Crippen MR) is 111 cm³/mol. The van der Waals surface area contributed by atoms with Gasteiger partial charge < -0.3 is 15.8 Å². The van der Waals surface area contributed by atoms with E-state index < -0.39 is 0 Å². The molecule has 1 aromatic heterocycles. The number of phenols is 1. The summed E-state index contributed by atoms with van der Waals surface area (Å²) in [6.07, 6.45) is 3.36. The van der Waals surface area contributed by atoms with Crippen LogP contribution < -0.4 is 11.3 Å². The highest BCUT2D eigenvalue weighted by Crippen LogP contribution is 2.41. The third-order valence-electron chi connectivity index (χ3n) is 5.84. The van der Waals surface area contributed by atoms with Gasteiger partial charge in [-0.1, -0.05) is 42.3 Å². The van der Waals surface area contributed by atoms with Crippen molar-refractivity contribution < 1.29 is 5.11 Å². The summed E-state index contributed by atoms with van der Waals surface area (Å²) in [6, 6.07) is 10.1. The van der Waals surface area contributed by atoms with Gasteiger partial charge in [0.25, 0.3) is 5.56 Å². The SMILES string of the molecule is Cc1cc(O)c(-c2ccc(C3CCCC3N)cc2)c2c(C)c(Cl)c(=O)[nH]c12. The number of halogens is 1. The van der Waals surface area contributed by atoms with Crippen LogP contribution in [-0.4, -0.2) is 16.1 Å². The third-order valence-corrected chi connectivity index (χ3v) is 6.30. The normalized spacial score (nSPS) is 19.7. The number of aromatic hydroxyl groups is 1. The Balaban J connectivity index is 1.91. The Hall–Kier alpha value is -2.30. The van der Waals surface area contributed by atoms with Crippen molar-refractivity contribution in [1.29, 1.82) is 0 Å². The number of nitrogens with one attached hydrogen (secondary N) is 1. The fourth-order valence-corrected chi connectivity index (χ4v) is 4.52. The molecule has 3 aromatic rings. The average Bonchev–Trinajstić information content (AvgIpc) is 3.07. The molecule has 4 nitrogen and oxygen atoms in total. The number of aromatic nitrogens is 1. The lowest BCUT2D eigenvalue weighted by atomic mass is 9.90. The fraction of sp³-hybridized carbons (Fsp3) is 0.318. The van der Waals surface area contributed by atoms with Gasteiger partial charge in [-0.05, 0) is 60.9 Å². The molecule has 0 aliphatic heterocycles. The van der Waals surface area contributed by atoms with Crippen LogP contribution in [0.5, 0.6) is 5.75 Å². The second-order valence-corrected chi connectivity index (χ2v) is 7.93. The first-order valence-electron chi connectivity index (χ1n) is 9.29. The smallest absolute Gasteiger partial charge is 0.267 e. The molecule has 1 fully saturated rings. The number of hydrogen-bond acceptors (Lipinski definition) is 3. The molecule has 2 atom stereocenters. The lowest BCUT2D eigenvalue weighted by Gasteiger charge is -2.18. The molecule has 1 aliphatic carbocycles. The molecule has 1 aliphatic rings. The van der Waals surface area contributed by atoms with Crippen LogP contribution in [0.15, 0.2) is 35.1 Å². The van der Waals surface area contributed by atoms with Crippen LogP contribution in [0.25, 0.3) is 22.0 Å². The molecule has 140 valence electrons. The van der Waals surface area contributed by atoms with Gasteiger partial charge >= 0.3 is 0 Å². The van der Waals surface area contributed by atoms with Crippen molar-refractivity contribution in [3.05, 3.63) is 62.4 Å². The van der Waals surface area contributed by atoms with E-state index in [1.165, 1.54) is 12.0 Å². The zero-order chi connectivity index (χ0) is 19.3. The Bertz CT molecular complexity index is 1090. The molecule has 2 unspecified atom stereocenters. The van der Waals surface area contributed by atoms with Crippen LogP contribution in [0.4, 0.5) is 0 Å². The molecule has 0 saturated heterocycles. The zero-order valence-electron chi connectivity index (χ0n) is 15.5. The van der Waals surface area contributed by atoms with E-state index in [4.69, 9.17) is 17.3 Å². The van der Waals surface area contributed by atoms with E-state index in [9.17, 15) is 9.90 Å². The maximum absolute atomic E-state index is 12.1. The Kier molecular flexibility index (Phi) is 4.49. The molecule has 0 bridgehead atoms. The topological polar surface area (TPSA) is 79.1 Å². The van der Waals surface area contributed by atoms with Gasteiger partial charge in [-0.25, -0.2) is 0 Å². The molecule has 1 saturated carbocycles. The maximum atomic E-state index is 12.1. The highest BCUT2D eigenvalue weighted by atomic mass is 35.5. The molecule has 2 aromatic carbocycles. The van der Waals surface area contributed by atoms with E-state index in [1.54, 1.807) is 6.07 Å². The first-order valence-corrected chi connectivity index (χ1v) is 9.67. The van der Waals surface area contributed by atoms with Gasteiger partial charge in [0.1, 0.15) is 10.8 Å². The number of rotatable bonds is 2. The van der Waals surface area contributed by atoms with Gasteiger partial charge in [-0.15, -0.1) is 0 Å². The highest BCUT2D eigenvalue weighted by molar-refractivity contribution is 6.32. The minimum Gasteiger partial charge on any atom is -0.507 e. The minimum atomic E-state index is -0.313. The van der Waals surface area contributed by atoms with Crippen LogP contribution >= 0.6 is 11.6 Å². The van der Waals surface area contributed by atoms with Crippen molar-refractivity contribution >= 4 is 22.5 Å². The van der Waals surface area contributed by atoms with Crippen molar-refractivity contribution in [3.63, 3.8) is 0 Å². The van der Waals surface area contributed by atoms with Crippen molar-refractivity contribution in [2.75, 3.05) is 0 Å². The van der Waals surface area contributed by atoms with Crippen molar-refractivity contribution in [2.24, 2.45) is 5.73 Å². The molecule has 0 amide bonds. The molecule has 5 heteroatoms. The van der Waals surface area contributed by atoms with Gasteiger partial charge in [0.05, 0.1) is 5.52 Å². The number of phenolic OH excluding ortho intramolecular Hbond substituents is 1. The van der Waals surface area contributed by atoms with E-state index in [0.29, 0.717) is 22.6 Å². The second-order valence-electron chi connectivity index (χ2n) is 7.55. The monoisotopic (exact) mass is 382 g/mol. The fourth-order valence-electron chi connectivity index (χ4n) is 4.38. The summed E-state index contributed by atoms with van der Waals surface area (Å²) < 4.78 is 0. The number of hydrogen-bond donors (Lipinski definition) is 3. The number of nitrogens with two attached hydrogens (primary N) is 1. The van der Waals surface area contributed by atoms with E-state index in [2.05, 4.69) is 17.1 Å². The number of fused-ring (bicyclic) bond motifs is 1. The summed E-state index contributed by atoms with van der Waals surface area (Å²) in [4.78, 5) is 15.0. The molecule has 1 heterocycles. The maximum Gasteiger partial charge on any atom is 0.267 e. The average molecular weight is 383 g/mol. The minimum absolute atomic E-state index is 0.155. The van der Waals surface area contributed by atoms with Crippen molar-refractivity contribution in [3.8, 4) is 16.9 Å². The Morgan fingerprint density at radius 1 is 1.19 bits per heavy atom. The van der Waals surface area contributed by atoms with Crippen LogP contribution in [0.1, 0.15) is 41.9 Å². The first kappa shape index (κ1) is 18.1. The van der Waals surface area contributed by atoms with E-state index >= 15 is 0 Å². The second kappa shape index (κ2) is 6.70. The Morgan fingerprint density at radius 2 is 1.89 bits per heavy atom. The molecule has 0 spiro atoms. The van der Waals surface area contributed by atoms with Gasteiger partial charge in [-0.3, -0.25) is 4.79 Å². The summed E-state index contributed by atoms with van der Waals surface area (Å²) in [5, 5.41) is 11.6. The van der Waals surface area contributed by atoms with E-state index in [-0.39, 0.29) is 22.4 Å². The molecular weight excluding hydrogens is 360 g/mol. The summed E-state index contributed by atoms with van der Waals surface area (Å²) in [5.41, 5.74) is 10.9. The standard InChI is InChI=1S/C22H23ClN2O2/c1-11-10-17(26)19(18-12(2)20(23)22(27)25-21(11)18)14-8-6-13(7-9-14)15-4-3-5-16(15)24/h6-10,15-16,26H,3-5,24H2,1-2H3,(H,25,27). The summed E-state index contributed by atoms with van der Waals surface area (Å²) in [7, 11) is 0. The van der Waals surface area contributed by atoms with Crippen LogP contribution in [-0.2, 0) is 0 Å². The highest BCUT2D eigenvalue weighted by Gasteiger charge is 2.25. The number of pyridine rings is 1. The van der Waals surface area contributed by atoms with Crippen molar-refractivity contribution in [2.45, 2.75) is 45.1 Å². The number of benzene rings is 2. The lowest BCUT2D eigenvalue weighted by Crippen LogP contribution is -2.22. The summed E-state index contributed by atoms with van der Waals surface area (Å²) >= 11 is 6.21.